The average molecular weight is 274 g/mol. The summed E-state index contributed by atoms with van der Waals surface area (Å²) in [5.74, 6) is 1.18. The number of aromatic nitrogens is 1. The van der Waals surface area contributed by atoms with Crippen LogP contribution < -0.4 is 5.73 Å². The zero-order valence-electron chi connectivity index (χ0n) is 9.84. The van der Waals surface area contributed by atoms with Crippen molar-refractivity contribution in [3.8, 4) is 0 Å². The Morgan fingerprint density at radius 1 is 1.44 bits per heavy atom. The summed E-state index contributed by atoms with van der Waals surface area (Å²) >= 11 is 5.90. The molecule has 0 aromatic carbocycles. The summed E-state index contributed by atoms with van der Waals surface area (Å²) in [6.07, 6.45) is 1.94. The van der Waals surface area contributed by atoms with Crippen molar-refractivity contribution in [1.29, 1.82) is 0 Å². The number of rotatable bonds is 2. The van der Waals surface area contributed by atoms with E-state index in [1.165, 1.54) is 15.6 Å². The van der Waals surface area contributed by atoms with Crippen LogP contribution in [-0.4, -0.2) is 21.2 Å². The highest BCUT2D eigenvalue weighted by atomic mass is 32.2. The lowest BCUT2D eigenvalue weighted by atomic mass is 10.3. The van der Waals surface area contributed by atoms with Gasteiger partial charge in [-0.1, -0.05) is 13.8 Å². The molecule has 2 nitrogen and oxygen atoms in total. The molecule has 2 heterocycles. The predicted octanol–water partition coefficient (Wildman–Crippen LogP) is 3.46. The molecule has 90 valence electrons. The van der Waals surface area contributed by atoms with Gasteiger partial charge in [0.15, 0.2) is 0 Å². The third kappa shape index (κ3) is 2.75. The zero-order chi connectivity index (χ0) is 11.7. The molecule has 5 heteroatoms. The van der Waals surface area contributed by atoms with Crippen LogP contribution in [0.5, 0.6) is 0 Å². The molecule has 2 N–H and O–H groups in total. The van der Waals surface area contributed by atoms with Gasteiger partial charge in [0.25, 0.3) is 0 Å². The molecule has 1 fully saturated rings. The SMILES string of the molecule is CC(N)c1cnc(C2CSC(C)C(C)S2)s1. The van der Waals surface area contributed by atoms with Gasteiger partial charge in [-0.2, -0.15) is 11.8 Å². The summed E-state index contributed by atoms with van der Waals surface area (Å²) < 4.78 is 0. The lowest BCUT2D eigenvalue weighted by Gasteiger charge is -2.30. The van der Waals surface area contributed by atoms with E-state index in [0.29, 0.717) is 10.5 Å². The maximum absolute atomic E-state index is 5.86. The first-order valence-electron chi connectivity index (χ1n) is 5.56. The molecule has 0 radical (unpaired) electrons. The van der Waals surface area contributed by atoms with E-state index in [1.54, 1.807) is 11.3 Å². The topological polar surface area (TPSA) is 38.9 Å². The Hall–Kier alpha value is 0.290. The van der Waals surface area contributed by atoms with Crippen molar-refractivity contribution >= 4 is 34.9 Å². The van der Waals surface area contributed by atoms with E-state index >= 15 is 0 Å². The minimum atomic E-state index is 0.115. The molecular weight excluding hydrogens is 256 g/mol. The Labute approximate surface area is 110 Å². The Balaban J connectivity index is 2.07. The van der Waals surface area contributed by atoms with E-state index in [2.05, 4.69) is 42.4 Å². The van der Waals surface area contributed by atoms with Crippen molar-refractivity contribution < 1.29 is 0 Å². The van der Waals surface area contributed by atoms with E-state index in [0.717, 1.165) is 5.25 Å². The molecule has 0 spiro atoms. The van der Waals surface area contributed by atoms with Gasteiger partial charge in [0.2, 0.25) is 0 Å². The van der Waals surface area contributed by atoms with Gasteiger partial charge in [0, 0.05) is 33.4 Å². The number of thiazole rings is 1. The molecule has 1 aliphatic rings. The second kappa shape index (κ2) is 5.29. The molecule has 4 atom stereocenters. The van der Waals surface area contributed by atoms with Gasteiger partial charge in [-0.15, -0.1) is 23.1 Å². The Morgan fingerprint density at radius 2 is 2.19 bits per heavy atom. The highest BCUT2D eigenvalue weighted by molar-refractivity contribution is 8.07. The second-order valence-electron chi connectivity index (χ2n) is 4.26. The van der Waals surface area contributed by atoms with E-state index in [1.807, 2.05) is 13.1 Å². The van der Waals surface area contributed by atoms with Crippen LogP contribution in [0.15, 0.2) is 6.20 Å². The van der Waals surface area contributed by atoms with Gasteiger partial charge in [-0.3, -0.25) is 0 Å². The molecule has 1 aromatic heterocycles. The highest BCUT2D eigenvalue weighted by Crippen LogP contribution is 2.45. The lowest BCUT2D eigenvalue weighted by molar-refractivity contribution is 0.834. The molecule has 1 saturated heterocycles. The smallest absolute Gasteiger partial charge is 0.107 e. The van der Waals surface area contributed by atoms with Crippen LogP contribution in [0.1, 0.15) is 41.9 Å². The van der Waals surface area contributed by atoms with Crippen molar-refractivity contribution in [2.75, 3.05) is 5.75 Å². The van der Waals surface area contributed by atoms with Crippen molar-refractivity contribution in [1.82, 2.24) is 4.98 Å². The molecule has 0 bridgehead atoms. The average Bonchev–Trinajstić information content (AvgIpc) is 2.71. The summed E-state index contributed by atoms with van der Waals surface area (Å²) in [7, 11) is 0. The highest BCUT2D eigenvalue weighted by Gasteiger charge is 2.28. The molecular formula is C11H18N2S3. The summed E-state index contributed by atoms with van der Waals surface area (Å²) in [5, 5.41) is 3.29. The molecule has 0 saturated carbocycles. The van der Waals surface area contributed by atoms with Gasteiger partial charge >= 0.3 is 0 Å². The Morgan fingerprint density at radius 3 is 2.75 bits per heavy atom. The van der Waals surface area contributed by atoms with Crippen LogP contribution in [0.4, 0.5) is 0 Å². The first kappa shape index (κ1) is 12.7. The number of hydrogen-bond donors (Lipinski definition) is 1. The first-order valence-corrected chi connectivity index (χ1v) is 8.37. The third-order valence-electron chi connectivity index (χ3n) is 2.82. The normalized spacial score (nSPS) is 32.6. The van der Waals surface area contributed by atoms with E-state index in [4.69, 9.17) is 5.73 Å². The lowest BCUT2D eigenvalue weighted by Crippen LogP contribution is -2.21. The summed E-state index contributed by atoms with van der Waals surface area (Å²) in [4.78, 5) is 5.73. The van der Waals surface area contributed by atoms with Crippen molar-refractivity contribution in [3.05, 3.63) is 16.1 Å². The number of nitrogens with two attached hydrogens (primary N) is 1. The largest absolute Gasteiger partial charge is 0.323 e. The quantitative estimate of drug-likeness (QED) is 0.896. The molecule has 0 aliphatic carbocycles. The summed E-state index contributed by atoms with van der Waals surface area (Å²) in [6, 6.07) is 0.115. The third-order valence-corrected chi connectivity index (χ3v) is 7.68. The monoisotopic (exact) mass is 274 g/mol. The molecule has 0 amide bonds. The van der Waals surface area contributed by atoms with Crippen molar-refractivity contribution in [3.63, 3.8) is 0 Å². The van der Waals surface area contributed by atoms with Crippen molar-refractivity contribution in [2.24, 2.45) is 5.73 Å². The Kier molecular flexibility index (Phi) is 4.21. The number of thioether (sulfide) groups is 2. The van der Waals surface area contributed by atoms with Crippen molar-refractivity contribution in [2.45, 2.75) is 42.6 Å². The fraction of sp³-hybridized carbons (Fsp3) is 0.727. The minimum absolute atomic E-state index is 0.115. The van der Waals surface area contributed by atoms with E-state index in [9.17, 15) is 0 Å². The fourth-order valence-electron chi connectivity index (χ4n) is 1.57. The van der Waals surface area contributed by atoms with Crippen LogP contribution in [0.2, 0.25) is 0 Å². The maximum Gasteiger partial charge on any atom is 0.107 e. The molecule has 2 rings (SSSR count). The summed E-state index contributed by atoms with van der Waals surface area (Å²) in [6.45, 7) is 6.65. The molecule has 16 heavy (non-hydrogen) atoms. The van der Waals surface area contributed by atoms with Gasteiger partial charge < -0.3 is 5.73 Å². The van der Waals surface area contributed by atoms with E-state index < -0.39 is 0 Å². The second-order valence-corrected chi connectivity index (χ2v) is 8.35. The first-order chi connectivity index (χ1) is 7.58. The minimum Gasteiger partial charge on any atom is -0.323 e. The van der Waals surface area contributed by atoms with Crippen LogP contribution in [0.3, 0.4) is 0 Å². The predicted molar refractivity (Wildman–Crippen MR) is 76.4 cm³/mol. The molecule has 4 unspecified atom stereocenters. The van der Waals surface area contributed by atoms with Crippen LogP contribution >= 0.6 is 34.9 Å². The summed E-state index contributed by atoms with van der Waals surface area (Å²) in [5.41, 5.74) is 5.86. The Bertz CT molecular complexity index is 351. The van der Waals surface area contributed by atoms with Gasteiger partial charge in [0.1, 0.15) is 5.01 Å². The number of hydrogen-bond acceptors (Lipinski definition) is 5. The fourth-order valence-corrected chi connectivity index (χ4v) is 5.64. The van der Waals surface area contributed by atoms with Gasteiger partial charge in [0.05, 0.1) is 5.25 Å². The van der Waals surface area contributed by atoms with Gasteiger partial charge in [-0.25, -0.2) is 4.98 Å². The van der Waals surface area contributed by atoms with Gasteiger partial charge in [-0.05, 0) is 6.92 Å². The van der Waals surface area contributed by atoms with E-state index in [-0.39, 0.29) is 6.04 Å². The molecule has 1 aromatic rings. The zero-order valence-corrected chi connectivity index (χ0v) is 12.3. The van der Waals surface area contributed by atoms with Crippen LogP contribution in [0.25, 0.3) is 0 Å². The molecule has 1 aliphatic heterocycles. The van der Waals surface area contributed by atoms with Crippen LogP contribution in [0, 0.1) is 0 Å². The standard InChI is InChI=1S/C11H18N2S3/c1-6(12)9-4-13-11(16-9)10-5-14-7(2)8(3)15-10/h4,6-8,10H,5,12H2,1-3H3. The maximum atomic E-state index is 5.86. The number of nitrogens with zero attached hydrogens (tertiary/aromatic N) is 1. The van der Waals surface area contributed by atoms with Crippen LogP contribution in [-0.2, 0) is 0 Å².